The minimum absolute atomic E-state index is 0.103. The highest BCUT2D eigenvalue weighted by Gasteiger charge is 2.21. The molecule has 2 aromatic rings. The molecule has 1 fully saturated rings. The summed E-state index contributed by atoms with van der Waals surface area (Å²) >= 11 is 1.54. The molecule has 1 aliphatic rings. The van der Waals surface area contributed by atoms with Crippen molar-refractivity contribution < 1.29 is 9.26 Å². The lowest BCUT2D eigenvalue weighted by atomic mass is 10.2. The number of hydrogen-bond acceptors (Lipinski definition) is 5. The van der Waals surface area contributed by atoms with Crippen LogP contribution in [0.5, 0.6) is 0 Å². The second kappa shape index (κ2) is 4.46. The van der Waals surface area contributed by atoms with Gasteiger partial charge in [-0.15, -0.1) is 11.3 Å². The van der Waals surface area contributed by atoms with Gasteiger partial charge in [-0.05, 0) is 24.3 Å². The van der Waals surface area contributed by atoms with E-state index in [2.05, 4.69) is 5.16 Å². The third-order valence-corrected chi connectivity index (χ3v) is 3.70. The molecule has 1 saturated heterocycles. The van der Waals surface area contributed by atoms with E-state index >= 15 is 0 Å². The zero-order valence-electron chi connectivity index (χ0n) is 9.17. The van der Waals surface area contributed by atoms with Crippen molar-refractivity contribution in [2.24, 2.45) is 0 Å². The molecule has 0 N–H and O–H groups in total. The highest BCUT2D eigenvalue weighted by Crippen LogP contribution is 2.23. The van der Waals surface area contributed by atoms with E-state index < -0.39 is 5.76 Å². The maximum atomic E-state index is 11.6. The summed E-state index contributed by atoms with van der Waals surface area (Å²) in [5, 5.41) is 5.78. The fraction of sp³-hybridized carbons (Fsp3) is 0.455. The van der Waals surface area contributed by atoms with Gasteiger partial charge in [0.1, 0.15) is 0 Å². The molecule has 0 saturated carbocycles. The van der Waals surface area contributed by atoms with Gasteiger partial charge in [0.25, 0.3) is 0 Å². The highest BCUT2D eigenvalue weighted by atomic mass is 32.1. The molecule has 0 bridgehead atoms. The average Bonchev–Trinajstić information content (AvgIpc) is 3.03. The lowest BCUT2D eigenvalue weighted by Gasteiger charge is -2.09. The third-order valence-electron chi connectivity index (χ3n) is 2.84. The first-order chi connectivity index (χ1) is 8.34. The van der Waals surface area contributed by atoms with Crippen LogP contribution in [0.2, 0.25) is 0 Å². The van der Waals surface area contributed by atoms with Crippen molar-refractivity contribution in [2.45, 2.75) is 25.5 Å². The van der Waals surface area contributed by atoms with Gasteiger partial charge in [-0.2, -0.15) is 0 Å². The second-order valence-electron chi connectivity index (χ2n) is 4.00. The van der Waals surface area contributed by atoms with E-state index in [4.69, 9.17) is 9.26 Å². The molecule has 1 atom stereocenters. The molecule has 6 heteroatoms. The summed E-state index contributed by atoms with van der Waals surface area (Å²) in [5.41, 5.74) is 0. The van der Waals surface area contributed by atoms with Gasteiger partial charge in [0, 0.05) is 6.61 Å². The molecule has 0 aliphatic carbocycles. The lowest BCUT2D eigenvalue weighted by Crippen LogP contribution is -2.23. The van der Waals surface area contributed by atoms with E-state index in [0.29, 0.717) is 12.4 Å². The molecule has 1 aliphatic heterocycles. The molecule has 3 rings (SSSR count). The predicted octanol–water partition coefficient (Wildman–Crippen LogP) is 1.74. The van der Waals surface area contributed by atoms with Gasteiger partial charge in [-0.3, -0.25) is 9.09 Å². The number of hydrogen-bond donors (Lipinski definition) is 0. The van der Waals surface area contributed by atoms with Crippen molar-refractivity contribution in [1.82, 2.24) is 9.72 Å². The summed E-state index contributed by atoms with van der Waals surface area (Å²) in [6, 6.07) is 3.85. The van der Waals surface area contributed by atoms with Crippen LogP contribution in [0.1, 0.15) is 12.8 Å². The monoisotopic (exact) mass is 252 g/mol. The quantitative estimate of drug-likeness (QED) is 0.835. The topological polar surface area (TPSA) is 57.3 Å². The lowest BCUT2D eigenvalue weighted by molar-refractivity contribution is 0.0956. The number of rotatable bonds is 3. The first kappa shape index (κ1) is 10.7. The Morgan fingerprint density at radius 1 is 1.59 bits per heavy atom. The van der Waals surface area contributed by atoms with Gasteiger partial charge in [0.15, 0.2) is 5.82 Å². The molecule has 90 valence electrons. The zero-order valence-corrected chi connectivity index (χ0v) is 9.98. The van der Waals surface area contributed by atoms with Gasteiger partial charge in [-0.1, -0.05) is 11.2 Å². The van der Waals surface area contributed by atoms with Crippen LogP contribution in [0.25, 0.3) is 10.7 Å². The Hall–Kier alpha value is -1.40. The Balaban J connectivity index is 1.92. The van der Waals surface area contributed by atoms with Crippen LogP contribution in [0, 0.1) is 0 Å². The SMILES string of the molecule is O=c1onc(-c2cccs2)n1C[C@H]1CCCO1. The van der Waals surface area contributed by atoms with E-state index in [9.17, 15) is 4.79 Å². The van der Waals surface area contributed by atoms with Crippen LogP contribution in [-0.2, 0) is 11.3 Å². The van der Waals surface area contributed by atoms with Crippen LogP contribution in [0.3, 0.4) is 0 Å². The molecule has 0 amide bonds. The van der Waals surface area contributed by atoms with Crippen molar-refractivity contribution in [3.05, 3.63) is 28.1 Å². The van der Waals surface area contributed by atoms with E-state index in [1.165, 1.54) is 11.3 Å². The predicted molar refractivity (Wildman–Crippen MR) is 63.1 cm³/mol. The molecule has 0 aromatic carbocycles. The summed E-state index contributed by atoms with van der Waals surface area (Å²) in [6.45, 7) is 1.30. The van der Waals surface area contributed by atoms with Crippen LogP contribution < -0.4 is 5.76 Å². The highest BCUT2D eigenvalue weighted by molar-refractivity contribution is 7.13. The zero-order chi connectivity index (χ0) is 11.7. The van der Waals surface area contributed by atoms with Gasteiger partial charge in [-0.25, -0.2) is 4.79 Å². The summed E-state index contributed by atoms with van der Waals surface area (Å²) in [6.07, 6.45) is 2.14. The maximum absolute atomic E-state index is 11.6. The summed E-state index contributed by atoms with van der Waals surface area (Å²) in [5.74, 6) is 0.185. The Labute approximate surface area is 102 Å². The van der Waals surface area contributed by atoms with Crippen LogP contribution in [0.4, 0.5) is 0 Å². The van der Waals surface area contributed by atoms with E-state index in [-0.39, 0.29) is 6.10 Å². The number of thiophene rings is 1. The smallest absolute Gasteiger partial charge is 0.376 e. The number of aromatic nitrogens is 2. The second-order valence-corrected chi connectivity index (χ2v) is 4.94. The first-order valence-electron chi connectivity index (χ1n) is 5.56. The minimum Gasteiger partial charge on any atom is -0.376 e. The molecule has 0 radical (unpaired) electrons. The maximum Gasteiger partial charge on any atom is 0.441 e. The average molecular weight is 252 g/mol. The van der Waals surface area contributed by atoms with Crippen LogP contribution in [-0.4, -0.2) is 22.4 Å². The summed E-state index contributed by atoms with van der Waals surface area (Å²) in [4.78, 5) is 12.5. The summed E-state index contributed by atoms with van der Waals surface area (Å²) < 4.78 is 11.8. The van der Waals surface area contributed by atoms with Crippen molar-refractivity contribution in [3.8, 4) is 10.7 Å². The van der Waals surface area contributed by atoms with Crippen molar-refractivity contribution in [3.63, 3.8) is 0 Å². The Bertz CT molecular complexity index is 537. The standard InChI is InChI=1S/C11H12N2O3S/c14-11-13(7-8-3-1-5-15-8)10(12-16-11)9-4-2-6-17-9/h2,4,6,8H,1,3,5,7H2/t8-/m1/s1. The molecular weight excluding hydrogens is 240 g/mol. The Morgan fingerprint density at radius 2 is 2.53 bits per heavy atom. The normalized spacial score (nSPS) is 19.9. The summed E-state index contributed by atoms with van der Waals surface area (Å²) in [7, 11) is 0. The van der Waals surface area contributed by atoms with Crippen LogP contribution >= 0.6 is 11.3 Å². The largest absolute Gasteiger partial charge is 0.441 e. The van der Waals surface area contributed by atoms with Crippen molar-refractivity contribution in [1.29, 1.82) is 0 Å². The molecular formula is C11H12N2O3S. The fourth-order valence-electron chi connectivity index (χ4n) is 2.00. The van der Waals surface area contributed by atoms with Gasteiger partial charge >= 0.3 is 5.76 Å². The molecule has 5 nitrogen and oxygen atoms in total. The van der Waals surface area contributed by atoms with Gasteiger partial charge in [0.2, 0.25) is 0 Å². The minimum atomic E-state index is -0.413. The van der Waals surface area contributed by atoms with E-state index in [1.807, 2.05) is 17.5 Å². The van der Waals surface area contributed by atoms with Crippen LogP contribution in [0.15, 0.2) is 26.8 Å². The molecule has 0 unspecified atom stereocenters. The molecule has 0 spiro atoms. The van der Waals surface area contributed by atoms with E-state index in [1.54, 1.807) is 4.57 Å². The van der Waals surface area contributed by atoms with Gasteiger partial charge in [0.05, 0.1) is 17.5 Å². The molecule has 17 heavy (non-hydrogen) atoms. The van der Waals surface area contributed by atoms with Crippen molar-refractivity contribution in [2.75, 3.05) is 6.61 Å². The first-order valence-corrected chi connectivity index (χ1v) is 6.44. The van der Waals surface area contributed by atoms with Gasteiger partial charge < -0.3 is 4.74 Å². The van der Waals surface area contributed by atoms with Crippen molar-refractivity contribution >= 4 is 11.3 Å². The Kier molecular flexibility index (Phi) is 2.82. The third kappa shape index (κ3) is 2.05. The number of ether oxygens (including phenoxy) is 1. The molecule has 3 heterocycles. The fourth-order valence-corrected chi connectivity index (χ4v) is 2.72. The van der Waals surface area contributed by atoms with E-state index in [0.717, 1.165) is 24.3 Å². The Morgan fingerprint density at radius 3 is 3.24 bits per heavy atom. The number of nitrogens with zero attached hydrogens (tertiary/aromatic N) is 2. The molecule has 2 aromatic heterocycles.